The molecule has 1 atom stereocenters. The van der Waals surface area contributed by atoms with Gasteiger partial charge in [-0.05, 0) is 20.8 Å². The zero-order valence-electron chi connectivity index (χ0n) is 17.7. The molecule has 31 heavy (non-hydrogen) atoms. The number of amides is 1. The Kier molecular flexibility index (Phi) is 5.91. The first kappa shape index (κ1) is 21.2. The van der Waals surface area contributed by atoms with Crippen LogP contribution >= 0.6 is 11.3 Å². The summed E-state index contributed by atoms with van der Waals surface area (Å²) in [7, 11) is 0. The van der Waals surface area contributed by atoms with Crippen LogP contribution in [-0.4, -0.2) is 57.3 Å². The van der Waals surface area contributed by atoms with Gasteiger partial charge in [0.05, 0.1) is 11.7 Å². The number of fused-ring (bicyclic) bond motifs is 1. The topological polar surface area (TPSA) is 107 Å². The summed E-state index contributed by atoms with van der Waals surface area (Å²) in [4.78, 5) is 34.5. The zero-order valence-corrected chi connectivity index (χ0v) is 18.5. The standard InChI is InChI=1S/C21H24N6O3S/c1-13-15(3)30-20(17(13)11-22)24-19(29)14(2)26-6-4-25(5-7-26)12-16-10-18(28)27-8-9-31-21(27)23-16/h8-10,14H,4-7,12H2,1-3H3,(H,24,29). The van der Waals surface area contributed by atoms with Gasteiger partial charge < -0.3 is 4.42 Å². The van der Waals surface area contributed by atoms with Crippen LogP contribution in [0.1, 0.15) is 29.5 Å². The second-order valence-corrected chi connectivity index (χ2v) is 8.59. The van der Waals surface area contributed by atoms with E-state index in [9.17, 15) is 14.9 Å². The molecule has 0 aromatic carbocycles. The molecular formula is C21H24N6O3S. The highest BCUT2D eigenvalue weighted by Crippen LogP contribution is 2.25. The van der Waals surface area contributed by atoms with E-state index in [1.807, 2.05) is 12.3 Å². The van der Waals surface area contributed by atoms with E-state index in [1.54, 1.807) is 30.5 Å². The second-order valence-electron chi connectivity index (χ2n) is 7.72. The lowest BCUT2D eigenvalue weighted by Crippen LogP contribution is -2.52. The number of aryl methyl sites for hydroxylation is 1. The van der Waals surface area contributed by atoms with Crippen molar-refractivity contribution in [3.63, 3.8) is 0 Å². The number of thiazole rings is 1. The zero-order chi connectivity index (χ0) is 22.1. The smallest absolute Gasteiger partial charge is 0.258 e. The van der Waals surface area contributed by atoms with Crippen molar-refractivity contribution in [2.24, 2.45) is 0 Å². The minimum atomic E-state index is -0.357. The van der Waals surface area contributed by atoms with Crippen LogP contribution < -0.4 is 10.9 Å². The summed E-state index contributed by atoms with van der Waals surface area (Å²) in [6, 6.07) is 3.32. The number of rotatable bonds is 5. The van der Waals surface area contributed by atoms with Crippen molar-refractivity contribution in [3.8, 4) is 6.07 Å². The Balaban J connectivity index is 1.34. The van der Waals surface area contributed by atoms with Crippen LogP contribution in [0.5, 0.6) is 0 Å². The van der Waals surface area contributed by atoms with Crippen LogP contribution in [0.15, 0.2) is 26.9 Å². The molecule has 0 aliphatic carbocycles. The van der Waals surface area contributed by atoms with E-state index in [1.165, 1.54) is 11.3 Å². The SMILES string of the molecule is Cc1oc(NC(=O)C(C)N2CCN(Cc3cc(=O)n4ccsc4n3)CC2)c(C#N)c1C. The predicted molar refractivity (Wildman–Crippen MR) is 117 cm³/mol. The number of piperazine rings is 1. The van der Waals surface area contributed by atoms with Gasteiger partial charge in [-0.1, -0.05) is 0 Å². The first-order chi connectivity index (χ1) is 14.9. The number of nitrogens with one attached hydrogen (secondary N) is 1. The number of furan rings is 1. The van der Waals surface area contributed by atoms with Gasteiger partial charge in [0, 0.05) is 55.9 Å². The number of aromatic nitrogens is 2. The lowest BCUT2D eigenvalue weighted by molar-refractivity contribution is -0.121. The molecule has 0 saturated carbocycles. The van der Waals surface area contributed by atoms with Crippen LogP contribution in [0.2, 0.25) is 0 Å². The Morgan fingerprint density at radius 1 is 1.35 bits per heavy atom. The molecule has 1 unspecified atom stereocenters. The maximum absolute atomic E-state index is 12.7. The van der Waals surface area contributed by atoms with E-state index in [0.717, 1.165) is 37.4 Å². The molecule has 0 bridgehead atoms. The quantitative estimate of drug-likeness (QED) is 0.646. The molecule has 162 valence electrons. The maximum Gasteiger partial charge on any atom is 0.258 e. The first-order valence-electron chi connectivity index (χ1n) is 10.1. The van der Waals surface area contributed by atoms with Crippen LogP contribution in [0.3, 0.4) is 0 Å². The third-order valence-corrected chi connectivity index (χ3v) is 6.57. The summed E-state index contributed by atoms with van der Waals surface area (Å²) in [5.41, 5.74) is 1.81. The van der Waals surface area contributed by atoms with Gasteiger partial charge in [-0.3, -0.25) is 29.1 Å². The summed E-state index contributed by atoms with van der Waals surface area (Å²) in [5.74, 6) is 0.646. The first-order valence-corrected chi connectivity index (χ1v) is 11.0. The van der Waals surface area contributed by atoms with Gasteiger partial charge >= 0.3 is 0 Å². The minimum Gasteiger partial charge on any atom is -0.444 e. The molecule has 1 N–H and O–H groups in total. The van der Waals surface area contributed by atoms with Crippen molar-refractivity contribution in [2.75, 3.05) is 31.5 Å². The Hall–Kier alpha value is -3.00. The molecule has 0 spiro atoms. The van der Waals surface area contributed by atoms with Crippen molar-refractivity contribution in [1.82, 2.24) is 19.2 Å². The molecule has 10 heteroatoms. The highest BCUT2D eigenvalue weighted by Gasteiger charge is 2.27. The fourth-order valence-electron chi connectivity index (χ4n) is 3.74. The van der Waals surface area contributed by atoms with Gasteiger partial charge in [-0.2, -0.15) is 5.26 Å². The third kappa shape index (κ3) is 4.25. The largest absolute Gasteiger partial charge is 0.444 e. The van der Waals surface area contributed by atoms with E-state index in [2.05, 4.69) is 26.2 Å². The van der Waals surface area contributed by atoms with Gasteiger partial charge in [0.1, 0.15) is 17.4 Å². The molecular weight excluding hydrogens is 416 g/mol. The molecule has 0 radical (unpaired) electrons. The van der Waals surface area contributed by atoms with E-state index in [0.29, 0.717) is 22.8 Å². The summed E-state index contributed by atoms with van der Waals surface area (Å²) in [6.45, 7) is 9.01. The lowest BCUT2D eigenvalue weighted by atomic mass is 10.1. The van der Waals surface area contributed by atoms with Gasteiger partial charge in [-0.15, -0.1) is 11.3 Å². The minimum absolute atomic E-state index is 0.0645. The van der Waals surface area contributed by atoms with Gasteiger partial charge in [0.25, 0.3) is 5.56 Å². The number of nitrogens with zero attached hydrogens (tertiary/aromatic N) is 5. The highest BCUT2D eigenvalue weighted by molar-refractivity contribution is 7.15. The van der Waals surface area contributed by atoms with Gasteiger partial charge in [0.15, 0.2) is 4.96 Å². The van der Waals surface area contributed by atoms with E-state index < -0.39 is 0 Å². The molecule has 3 aromatic heterocycles. The fraction of sp³-hybridized carbons (Fsp3) is 0.429. The molecule has 1 amide bonds. The summed E-state index contributed by atoms with van der Waals surface area (Å²) in [6.07, 6.45) is 1.73. The summed E-state index contributed by atoms with van der Waals surface area (Å²) in [5, 5.41) is 13.9. The van der Waals surface area contributed by atoms with Crippen molar-refractivity contribution >= 4 is 28.1 Å². The molecule has 1 aliphatic rings. The summed E-state index contributed by atoms with van der Waals surface area (Å²) >= 11 is 1.44. The summed E-state index contributed by atoms with van der Waals surface area (Å²) < 4.78 is 7.10. The van der Waals surface area contributed by atoms with Crippen molar-refractivity contribution in [2.45, 2.75) is 33.4 Å². The number of nitriles is 1. The number of carbonyl (C=O) groups is 1. The van der Waals surface area contributed by atoms with Crippen LogP contribution in [0.4, 0.5) is 5.88 Å². The second kappa shape index (κ2) is 8.63. The molecule has 1 saturated heterocycles. The van der Waals surface area contributed by atoms with Crippen LogP contribution in [0.25, 0.3) is 4.96 Å². The van der Waals surface area contributed by atoms with E-state index in [4.69, 9.17) is 4.42 Å². The van der Waals surface area contributed by atoms with Crippen LogP contribution in [-0.2, 0) is 11.3 Å². The Morgan fingerprint density at radius 2 is 2.10 bits per heavy atom. The van der Waals surface area contributed by atoms with Crippen molar-refractivity contribution < 1.29 is 9.21 Å². The Labute approximate surface area is 183 Å². The Morgan fingerprint density at radius 3 is 2.81 bits per heavy atom. The average molecular weight is 441 g/mol. The monoisotopic (exact) mass is 440 g/mol. The highest BCUT2D eigenvalue weighted by atomic mass is 32.1. The number of hydrogen-bond acceptors (Lipinski definition) is 8. The lowest BCUT2D eigenvalue weighted by Gasteiger charge is -2.37. The molecule has 4 heterocycles. The molecule has 3 aromatic rings. The van der Waals surface area contributed by atoms with Gasteiger partial charge in [0.2, 0.25) is 11.8 Å². The third-order valence-electron chi connectivity index (χ3n) is 5.81. The fourth-order valence-corrected chi connectivity index (χ4v) is 4.48. The van der Waals surface area contributed by atoms with Gasteiger partial charge in [-0.25, -0.2) is 4.98 Å². The molecule has 4 rings (SSSR count). The molecule has 1 fully saturated rings. The number of anilines is 1. The number of carbonyl (C=O) groups excluding carboxylic acids is 1. The van der Waals surface area contributed by atoms with Crippen molar-refractivity contribution in [1.29, 1.82) is 5.26 Å². The predicted octanol–water partition coefficient (Wildman–Crippen LogP) is 1.98. The van der Waals surface area contributed by atoms with E-state index >= 15 is 0 Å². The van der Waals surface area contributed by atoms with Crippen molar-refractivity contribution in [3.05, 3.63) is 50.6 Å². The molecule has 9 nitrogen and oxygen atoms in total. The molecule has 1 aliphatic heterocycles. The maximum atomic E-state index is 12.7. The Bertz CT molecular complexity index is 1210. The number of hydrogen-bond donors (Lipinski definition) is 1. The van der Waals surface area contributed by atoms with Crippen LogP contribution in [0, 0.1) is 25.2 Å². The van der Waals surface area contributed by atoms with E-state index in [-0.39, 0.29) is 23.4 Å². The average Bonchev–Trinajstić information content (AvgIpc) is 3.32. The normalized spacial score (nSPS) is 16.3.